The fraction of sp³-hybridized carbons (Fsp3) is 0.294. The van der Waals surface area contributed by atoms with Crippen LogP contribution in [-0.4, -0.2) is 19.7 Å². The first-order valence-corrected chi connectivity index (χ1v) is 7.27. The van der Waals surface area contributed by atoms with E-state index in [1.54, 1.807) is 0 Å². The van der Waals surface area contributed by atoms with Gasteiger partial charge in [-0.05, 0) is 43.7 Å². The molecular formula is C17H20ClNO. The summed E-state index contributed by atoms with van der Waals surface area (Å²) in [4.78, 5) is 2.30. The van der Waals surface area contributed by atoms with Crippen molar-refractivity contribution in [1.82, 2.24) is 0 Å². The second-order valence-corrected chi connectivity index (χ2v) is 5.10. The molecular weight excluding hydrogens is 270 g/mol. The number of hydrogen-bond acceptors (Lipinski definition) is 2. The first kappa shape index (κ1) is 14.7. The highest BCUT2D eigenvalue weighted by molar-refractivity contribution is 6.32. The van der Waals surface area contributed by atoms with E-state index in [0.29, 0.717) is 11.6 Å². The molecule has 0 saturated heterocycles. The van der Waals surface area contributed by atoms with Crippen LogP contribution < -0.4 is 9.64 Å². The molecule has 0 heterocycles. The average molecular weight is 290 g/mol. The fourth-order valence-corrected chi connectivity index (χ4v) is 2.31. The second-order valence-electron chi connectivity index (χ2n) is 4.70. The smallest absolute Gasteiger partial charge is 0.137 e. The van der Waals surface area contributed by atoms with Crippen LogP contribution in [0.3, 0.4) is 0 Å². The van der Waals surface area contributed by atoms with Crippen molar-refractivity contribution in [2.24, 2.45) is 0 Å². The lowest BCUT2D eigenvalue weighted by atomic mass is 10.2. The van der Waals surface area contributed by atoms with Crippen molar-refractivity contribution >= 4 is 17.3 Å². The van der Waals surface area contributed by atoms with E-state index in [4.69, 9.17) is 16.3 Å². The molecule has 0 aromatic heterocycles. The zero-order valence-corrected chi connectivity index (χ0v) is 12.7. The Morgan fingerprint density at radius 2 is 1.90 bits per heavy atom. The first-order valence-electron chi connectivity index (χ1n) is 6.89. The topological polar surface area (TPSA) is 12.5 Å². The summed E-state index contributed by atoms with van der Waals surface area (Å²) in [6, 6.07) is 16.1. The molecule has 0 spiro atoms. The lowest BCUT2D eigenvalue weighted by Gasteiger charge is -2.23. The van der Waals surface area contributed by atoms with Crippen molar-refractivity contribution in [3.8, 4) is 5.75 Å². The third kappa shape index (κ3) is 3.91. The Labute approximate surface area is 125 Å². The molecule has 3 heteroatoms. The number of benzene rings is 2. The van der Waals surface area contributed by atoms with E-state index in [-0.39, 0.29) is 0 Å². The van der Waals surface area contributed by atoms with Gasteiger partial charge in [0.25, 0.3) is 0 Å². The number of aryl methyl sites for hydroxylation is 1. The van der Waals surface area contributed by atoms with Crippen LogP contribution in [0.5, 0.6) is 5.75 Å². The molecule has 106 valence electrons. The number of rotatable bonds is 6. The summed E-state index contributed by atoms with van der Waals surface area (Å²) < 4.78 is 5.75. The molecule has 0 saturated carbocycles. The van der Waals surface area contributed by atoms with Crippen molar-refractivity contribution in [3.05, 3.63) is 59.1 Å². The van der Waals surface area contributed by atoms with E-state index in [9.17, 15) is 0 Å². The first-order chi connectivity index (χ1) is 9.70. The van der Waals surface area contributed by atoms with Crippen LogP contribution in [-0.2, 0) is 0 Å². The Morgan fingerprint density at radius 3 is 2.60 bits per heavy atom. The normalized spacial score (nSPS) is 10.3. The maximum Gasteiger partial charge on any atom is 0.137 e. The number of halogens is 1. The van der Waals surface area contributed by atoms with Gasteiger partial charge in [-0.25, -0.2) is 0 Å². The van der Waals surface area contributed by atoms with Gasteiger partial charge in [-0.2, -0.15) is 0 Å². The summed E-state index contributed by atoms with van der Waals surface area (Å²) in [6.07, 6.45) is 0. The van der Waals surface area contributed by atoms with Crippen LogP contribution in [0.1, 0.15) is 12.5 Å². The SMILES string of the molecule is CCN(CCOc1ccccc1Cl)c1cccc(C)c1. The molecule has 0 unspecified atom stereocenters. The molecule has 2 aromatic carbocycles. The molecule has 0 atom stereocenters. The second kappa shape index (κ2) is 7.20. The maximum absolute atomic E-state index is 6.07. The van der Waals surface area contributed by atoms with Gasteiger partial charge in [-0.1, -0.05) is 35.9 Å². The minimum atomic E-state index is 0.617. The Bertz CT molecular complexity index is 556. The van der Waals surface area contributed by atoms with Crippen molar-refractivity contribution in [1.29, 1.82) is 0 Å². The van der Waals surface area contributed by atoms with Gasteiger partial charge in [0, 0.05) is 12.2 Å². The number of hydrogen-bond donors (Lipinski definition) is 0. The van der Waals surface area contributed by atoms with E-state index < -0.39 is 0 Å². The highest BCUT2D eigenvalue weighted by atomic mass is 35.5. The summed E-state index contributed by atoms with van der Waals surface area (Å²) >= 11 is 6.07. The minimum absolute atomic E-state index is 0.617. The standard InChI is InChI=1S/C17H20ClNO/c1-3-19(15-8-6-7-14(2)13-15)11-12-20-17-10-5-4-9-16(17)18/h4-10,13H,3,11-12H2,1-2H3. The zero-order chi connectivity index (χ0) is 14.4. The fourth-order valence-electron chi connectivity index (χ4n) is 2.12. The van der Waals surface area contributed by atoms with Crippen LogP contribution >= 0.6 is 11.6 Å². The Balaban J connectivity index is 1.93. The highest BCUT2D eigenvalue weighted by Gasteiger charge is 2.05. The highest BCUT2D eigenvalue weighted by Crippen LogP contribution is 2.23. The van der Waals surface area contributed by atoms with Gasteiger partial charge >= 0.3 is 0 Å². The monoisotopic (exact) mass is 289 g/mol. The third-order valence-corrected chi connectivity index (χ3v) is 3.52. The molecule has 0 aliphatic rings. The van der Waals surface area contributed by atoms with E-state index in [1.807, 2.05) is 24.3 Å². The molecule has 2 nitrogen and oxygen atoms in total. The summed E-state index contributed by atoms with van der Waals surface area (Å²) in [5.74, 6) is 0.745. The van der Waals surface area contributed by atoms with Gasteiger partial charge in [0.2, 0.25) is 0 Å². The van der Waals surface area contributed by atoms with E-state index in [0.717, 1.165) is 18.8 Å². The Morgan fingerprint density at radius 1 is 1.10 bits per heavy atom. The Kier molecular flexibility index (Phi) is 5.31. The molecule has 0 amide bonds. The van der Waals surface area contributed by atoms with Crippen molar-refractivity contribution < 1.29 is 4.74 Å². The van der Waals surface area contributed by atoms with E-state index in [1.165, 1.54) is 11.3 Å². The molecule has 2 aromatic rings. The number of ether oxygens (including phenoxy) is 1. The molecule has 0 bridgehead atoms. The van der Waals surface area contributed by atoms with Crippen molar-refractivity contribution in [2.45, 2.75) is 13.8 Å². The van der Waals surface area contributed by atoms with Gasteiger partial charge in [0.1, 0.15) is 12.4 Å². The van der Waals surface area contributed by atoms with E-state index in [2.05, 4.69) is 43.0 Å². The Hall–Kier alpha value is -1.67. The summed E-state index contributed by atoms with van der Waals surface area (Å²) in [7, 11) is 0. The molecule has 2 rings (SSSR count). The van der Waals surface area contributed by atoms with Crippen LogP contribution in [0.2, 0.25) is 5.02 Å². The number of anilines is 1. The van der Waals surface area contributed by atoms with Gasteiger partial charge in [0.15, 0.2) is 0 Å². The summed E-state index contributed by atoms with van der Waals surface area (Å²) in [6.45, 7) is 6.67. The van der Waals surface area contributed by atoms with Gasteiger partial charge in [-0.15, -0.1) is 0 Å². The molecule has 0 radical (unpaired) electrons. The van der Waals surface area contributed by atoms with Gasteiger partial charge in [0.05, 0.1) is 11.6 Å². The van der Waals surface area contributed by atoms with Crippen LogP contribution in [0, 0.1) is 6.92 Å². The van der Waals surface area contributed by atoms with Crippen molar-refractivity contribution in [2.75, 3.05) is 24.6 Å². The van der Waals surface area contributed by atoms with Gasteiger partial charge < -0.3 is 9.64 Å². The molecule has 0 aliphatic heterocycles. The largest absolute Gasteiger partial charge is 0.490 e. The lowest BCUT2D eigenvalue weighted by Crippen LogP contribution is -2.28. The van der Waals surface area contributed by atoms with Gasteiger partial charge in [-0.3, -0.25) is 0 Å². The number of likely N-dealkylation sites (N-methyl/N-ethyl adjacent to an activating group) is 1. The zero-order valence-electron chi connectivity index (χ0n) is 12.0. The molecule has 0 fully saturated rings. The van der Waals surface area contributed by atoms with E-state index >= 15 is 0 Å². The number of nitrogens with zero attached hydrogens (tertiary/aromatic N) is 1. The summed E-state index contributed by atoms with van der Waals surface area (Å²) in [5.41, 5.74) is 2.50. The summed E-state index contributed by atoms with van der Waals surface area (Å²) in [5, 5.41) is 0.658. The molecule has 20 heavy (non-hydrogen) atoms. The molecule has 0 aliphatic carbocycles. The third-order valence-electron chi connectivity index (χ3n) is 3.20. The van der Waals surface area contributed by atoms with Crippen molar-refractivity contribution in [3.63, 3.8) is 0 Å². The van der Waals surface area contributed by atoms with Crippen LogP contribution in [0.25, 0.3) is 0 Å². The predicted molar refractivity (Wildman–Crippen MR) is 86.0 cm³/mol. The quantitative estimate of drug-likeness (QED) is 0.773. The maximum atomic E-state index is 6.07. The van der Waals surface area contributed by atoms with Crippen LogP contribution in [0.15, 0.2) is 48.5 Å². The number of para-hydroxylation sites is 1. The van der Waals surface area contributed by atoms with Crippen LogP contribution in [0.4, 0.5) is 5.69 Å². The lowest BCUT2D eigenvalue weighted by molar-refractivity contribution is 0.324. The molecule has 0 N–H and O–H groups in total. The average Bonchev–Trinajstić information content (AvgIpc) is 2.45. The predicted octanol–water partition coefficient (Wildman–Crippen LogP) is 4.55. The minimum Gasteiger partial charge on any atom is -0.490 e.